The highest BCUT2D eigenvalue weighted by Crippen LogP contribution is 2.27. The topological polar surface area (TPSA) is 55.6 Å². The lowest BCUT2D eigenvalue weighted by molar-refractivity contribution is -0.119. The molecule has 1 heterocycles. The highest BCUT2D eigenvalue weighted by Gasteiger charge is 2.16. The average Bonchev–Trinajstić information content (AvgIpc) is 2.54. The number of carbonyl (C=O) groups excluding carboxylic acids is 1. The van der Waals surface area contributed by atoms with Crippen LogP contribution in [0.5, 0.6) is 5.75 Å². The van der Waals surface area contributed by atoms with Crippen molar-refractivity contribution >= 4 is 17.5 Å². The van der Waals surface area contributed by atoms with Crippen LogP contribution in [-0.2, 0) is 24.3 Å². The number of nitrogens with two attached hydrogens (primary N) is 1. The van der Waals surface area contributed by atoms with Gasteiger partial charge < -0.3 is 10.5 Å². The Labute approximate surface area is 140 Å². The second-order valence-corrected chi connectivity index (χ2v) is 6.16. The summed E-state index contributed by atoms with van der Waals surface area (Å²) in [7, 11) is 0. The average molecular weight is 331 g/mol. The summed E-state index contributed by atoms with van der Waals surface area (Å²) in [6, 6.07) is 14.2. The molecule has 0 fully saturated rings. The largest absolute Gasteiger partial charge is 0.482 e. The van der Waals surface area contributed by atoms with Crippen LogP contribution < -0.4 is 10.5 Å². The van der Waals surface area contributed by atoms with Crippen molar-refractivity contribution in [2.75, 3.05) is 13.2 Å². The summed E-state index contributed by atoms with van der Waals surface area (Å²) >= 11 is 6.22. The molecule has 2 aromatic carbocycles. The number of ether oxygens (including phenoxy) is 1. The Hall–Kier alpha value is -2.04. The molecule has 1 aliphatic heterocycles. The van der Waals surface area contributed by atoms with Gasteiger partial charge in [-0.1, -0.05) is 41.9 Å². The number of carbonyl (C=O) groups is 1. The van der Waals surface area contributed by atoms with E-state index in [-0.39, 0.29) is 6.61 Å². The van der Waals surface area contributed by atoms with Crippen LogP contribution in [0.4, 0.5) is 0 Å². The van der Waals surface area contributed by atoms with E-state index < -0.39 is 5.91 Å². The van der Waals surface area contributed by atoms with Crippen molar-refractivity contribution in [3.63, 3.8) is 0 Å². The number of benzene rings is 2. The third-order valence-corrected chi connectivity index (χ3v) is 4.28. The first-order chi connectivity index (χ1) is 11.1. The zero-order chi connectivity index (χ0) is 16.2. The second-order valence-electron chi connectivity index (χ2n) is 5.75. The Kier molecular flexibility index (Phi) is 4.84. The maximum atomic E-state index is 10.8. The Morgan fingerprint density at radius 1 is 1.22 bits per heavy atom. The van der Waals surface area contributed by atoms with E-state index in [1.807, 2.05) is 12.1 Å². The molecule has 3 rings (SSSR count). The maximum absolute atomic E-state index is 10.8. The van der Waals surface area contributed by atoms with Gasteiger partial charge in [0, 0.05) is 19.6 Å². The molecule has 0 saturated carbocycles. The fourth-order valence-corrected chi connectivity index (χ4v) is 3.11. The molecule has 0 aliphatic carbocycles. The summed E-state index contributed by atoms with van der Waals surface area (Å²) in [5, 5.41) is 0.501. The molecule has 0 unspecified atom stereocenters. The molecule has 5 heteroatoms. The number of hydrogen-bond acceptors (Lipinski definition) is 3. The van der Waals surface area contributed by atoms with Gasteiger partial charge in [0.15, 0.2) is 6.61 Å². The molecular weight excluding hydrogens is 312 g/mol. The molecule has 23 heavy (non-hydrogen) atoms. The number of primary amides is 1. The molecule has 0 bridgehead atoms. The summed E-state index contributed by atoms with van der Waals surface area (Å²) in [6.07, 6.45) is 1.07. The van der Waals surface area contributed by atoms with Crippen LogP contribution in [0.2, 0.25) is 5.02 Å². The van der Waals surface area contributed by atoms with E-state index in [0.29, 0.717) is 10.8 Å². The van der Waals surface area contributed by atoms with Crippen LogP contribution in [0.15, 0.2) is 42.5 Å². The van der Waals surface area contributed by atoms with Crippen molar-refractivity contribution in [3.8, 4) is 5.75 Å². The minimum absolute atomic E-state index is 0.165. The molecular formula is C18H19ClN2O2. The van der Waals surface area contributed by atoms with Crippen molar-refractivity contribution in [1.82, 2.24) is 4.90 Å². The molecule has 0 atom stereocenters. The fraction of sp³-hybridized carbons (Fsp3) is 0.278. The first-order valence-corrected chi connectivity index (χ1v) is 7.98. The fourth-order valence-electron chi connectivity index (χ4n) is 2.86. The van der Waals surface area contributed by atoms with E-state index in [2.05, 4.69) is 29.2 Å². The molecule has 0 radical (unpaired) electrons. The SMILES string of the molecule is NC(=O)COc1ccc(CN2CCc3ccccc3C2)cc1Cl. The number of fused-ring (bicyclic) bond motifs is 1. The number of hydrogen-bond donors (Lipinski definition) is 1. The Morgan fingerprint density at radius 3 is 2.74 bits per heavy atom. The lowest BCUT2D eigenvalue weighted by Gasteiger charge is -2.28. The third kappa shape index (κ3) is 4.03. The zero-order valence-corrected chi connectivity index (χ0v) is 13.6. The second kappa shape index (κ2) is 7.02. The zero-order valence-electron chi connectivity index (χ0n) is 12.8. The van der Waals surface area contributed by atoms with Crippen LogP contribution in [-0.4, -0.2) is 24.0 Å². The third-order valence-electron chi connectivity index (χ3n) is 3.98. The molecule has 4 nitrogen and oxygen atoms in total. The summed E-state index contributed by atoms with van der Waals surface area (Å²) in [6.45, 7) is 2.66. The van der Waals surface area contributed by atoms with E-state index in [0.717, 1.165) is 31.6 Å². The molecule has 2 N–H and O–H groups in total. The van der Waals surface area contributed by atoms with Gasteiger partial charge in [-0.2, -0.15) is 0 Å². The first-order valence-electron chi connectivity index (χ1n) is 7.60. The predicted molar refractivity (Wildman–Crippen MR) is 90.4 cm³/mol. The Balaban J connectivity index is 1.65. The van der Waals surface area contributed by atoms with Crippen molar-refractivity contribution in [3.05, 3.63) is 64.2 Å². The summed E-state index contributed by atoms with van der Waals surface area (Å²) < 4.78 is 5.27. The quantitative estimate of drug-likeness (QED) is 0.917. The van der Waals surface area contributed by atoms with Crippen LogP contribution >= 0.6 is 11.6 Å². The van der Waals surface area contributed by atoms with Gasteiger partial charge in [0.2, 0.25) is 0 Å². The van der Waals surface area contributed by atoms with Gasteiger partial charge >= 0.3 is 0 Å². The lowest BCUT2D eigenvalue weighted by atomic mass is 9.99. The maximum Gasteiger partial charge on any atom is 0.255 e. The standard InChI is InChI=1S/C18H19ClN2O2/c19-16-9-13(5-6-17(16)23-12-18(20)22)10-21-8-7-14-3-1-2-4-15(14)11-21/h1-6,9H,7-8,10-12H2,(H2,20,22). The van der Waals surface area contributed by atoms with Gasteiger partial charge in [-0.3, -0.25) is 9.69 Å². The van der Waals surface area contributed by atoms with Gasteiger partial charge in [-0.05, 0) is 35.2 Å². The van der Waals surface area contributed by atoms with Crippen molar-refractivity contribution < 1.29 is 9.53 Å². The number of rotatable bonds is 5. The van der Waals surface area contributed by atoms with Crippen LogP contribution in [0, 0.1) is 0 Å². The van der Waals surface area contributed by atoms with Gasteiger partial charge in [-0.15, -0.1) is 0 Å². The minimum Gasteiger partial charge on any atom is -0.482 e. The van der Waals surface area contributed by atoms with Crippen molar-refractivity contribution in [2.45, 2.75) is 19.5 Å². The van der Waals surface area contributed by atoms with E-state index >= 15 is 0 Å². The lowest BCUT2D eigenvalue weighted by Crippen LogP contribution is -2.29. The smallest absolute Gasteiger partial charge is 0.255 e. The Morgan fingerprint density at radius 2 is 2.00 bits per heavy atom. The highest BCUT2D eigenvalue weighted by atomic mass is 35.5. The molecule has 1 aliphatic rings. The van der Waals surface area contributed by atoms with Crippen molar-refractivity contribution in [1.29, 1.82) is 0 Å². The molecule has 0 spiro atoms. The number of nitrogens with zero attached hydrogens (tertiary/aromatic N) is 1. The van der Waals surface area contributed by atoms with Crippen LogP contribution in [0.3, 0.4) is 0 Å². The van der Waals surface area contributed by atoms with Gasteiger partial charge in [0.1, 0.15) is 5.75 Å². The molecule has 0 aromatic heterocycles. The Bertz CT molecular complexity index is 718. The highest BCUT2D eigenvalue weighted by molar-refractivity contribution is 6.32. The molecule has 2 aromatic rings. The van der Waals surface area contributed by atoms with Crippen LogP contribution in [0.25, 0.3) is 0 Å². The van der Waals surface area contributed by atoms with Gasteiger partial charge in [-0.25, -0.2) is 0 Å². The summed E-state index contributed by atoms with van der Waals surface area (Å²) in [5.74, 6) is -0.0321. The first kappa shape index (κ1) is 15.8. The molecule has 0 saturated heterocycles. The van der Waals surface area contributed by atoms with E-state index in [1.165, 1.54) is 11.1 Å². The normalized spacial score (nSPS) is 14.3. The monoisotopic (exact) mass is 330 g/mol. The predicted octanol–water partition coefficient (Wildman–Crippen LogP) is 2.76. The minimum atomic E-state index is -0.517. The van der Waals surface area contributed by atoms with Gasteiger partial charge in [0.05, 0.1) is 5.02 Å². The number of halogens is 1. The van der Waals surface area contributed by atoms with E-state index in [4.69, 9.17) is 22.1 Å². The van der Waals surface area contributed by atoms with Crippen LogP contribution in [0.1, 0.15) is 16.7 Å². The van der Waals surface area contributed by atoms with Crippen molar-refractivity contribution in [2.24, 2.45) is 5.73 Å². The molecule has 1 amide bonds. The molecule has 120 valence electrons. The summed E-state index contributed by atoms with van der Waals surface area (Å²) in [4.78, 5) is 13.2. The number of amides is 1. The van der Waals surface area contributed by atoms with E-state index in [1.54, 1.807) is 6.07 Å². The van der Waals surface area contributed by atoms with E-state index in [9.17, 15) is 4.79 Å². The van der Waals surface area contributed by atoms with Gasteiger partial charge in [0.25, 0.3) is 5.91 Å². The summed E-state index contributed by atoms with van der Waals surface area (Å²) in [5.41, 5.74) is 9.03.